The molecule has 0 bridgehead atoms. The Bertz CT molecular complexity index is 950. The minimum absolute atomic E-state index is 0.0199. The molecule has 5 unspecified atom stereocenters. The van der Waals surface area contributed by atoms with Crippen LogP contribution < -0.4 is 21.7 Å². The fourth-order valence-corrected chi connectivity index (χ4v) is 3.34. The molecule has 3 amide bonds. The molecule has 1 aromatic rings. The summed E-state index contributed by atoms with van der Waals surface area (Å²) in [5, 5.41) is 44.8. The number of aliphatic hydroxyl groups is 1. The van der Waals surface area contributed by atoms with Crippen molar-refractivity contribution in [3.8, 4) is 5.75 Å². The second-order valence-electron chi connectivity index (χ2n) is 9.22. The Morgan fingerprint density at radius 2 is 1.35 bits per heavy atom. The van der Waals surface area contributed by atoms with E-state index in [0.717, 1.165) is 0 Å². The Kier molecular flexibility index (Phi) is 12.5. The highest BCUT2D eigenvalue weighted by molar-refractivity contribution is 5.94. The molecule has 0 saturated carbocycles. The van der Waals surface area contributed by atoms with Crippen LogP contribution in [0, 0.1) is 5.92 Å². The number of nitrogens with one attached hydrogen (secondary N) is 3. The number of phenols is 1. The number of amides is 3. The normalized spacial score (nSPS) is 15.1. The Morgan fingerprint density at radius 3 is 1.84 bits per heavy atom. The third-order valence-corrected chi connectivity index (χ3v) is 5.43. The molecule has 5 atom stereocenters. The van der Waals surface area contributed by atoms with E-state index in [1.807, 2.05) is 0 Å². The first-order valence-corrected chi connectivity index (χ1v) is 11.8. The number of carboxylic acids is 2. The van der Waals surface area contributed by atoms with Gasteiger partial charge in [-0.1, -0.05) is 26.0 Å². The molecule has 206 valence electrons. The second kappa shape index (κ2) is 14.8. The molecule has 0 aliphatic carbocycles. The molecule has 1 aromatic carbocycles. The van der Waals surface area contributed by atoms with Gasteiger partial charge in [0, 0.05) is 12.8 Å². The minimum atomic E-state index is -1.41. The Balaban J connectivity index is 3.06. The number of benzene rings is 1. The van der Waals surface area contributed by atoms with E-state index in [9.17, 15) is 39.3 Å². The van der Waals surface area contributed by atoms with Gasteiger partial charge in [-0.05, 0) is 43.4 Å². The van der Waals surface area contributed by atoms with Gasteiger partial charge < -0.3 is 42.1 Å². The van der Waals surface area contributed by atoms with E-state index < -0.39 is 66.4 Å². The largest absolute Gasteiger partial charge is 0.508 e. The standard InChI is InChI=1S/C24H36N4O9/c1-12(2)10-17(27-23(35)20(25)13(3)29)22(34)26-16(8-9-19(31)32)21(33)28-18(24(36)37)11-14-4-6-15(30)7-5-14/h4-7,12-13,16-18,20,29-30H,8-11,25H2,1-3H3,(H,26,34)(H,27,35)(H,28,33)(H,31,32)(H,36,37). The number of carbonyl (C=O) groups excluding carboxylic acids is 3. The van der Waals surface area contributed by atoms with Crippen molar-refractivity contribution >= 4 is 29.7 Å². The molecule has 0 spiro atoms. The maximum atomic E-state index is 13.0. The van der Waals surface area contributed by atoms with Crippen molar-refractivity contribution in [2.45, 2.75) is 76.7 Å². The van der Waals surface area contributed by atoms with E-state index in [0.29, 0.717) is 5.56 Å². The molecule has 1 rings (SSSR count). The quantitative estimate of drug-likeness (QED) is 0.141. The molecule has 13 heteroatoms. The van der Waals surface area contributed by atoms with Crippen molar-refractivity contribution < 1.29 is 44.4 Å². The summed E-state index contributed by atoms with van der Waals surface area (Å²) in [6.07, 6.45) is -2.01. The van der Waals surface area contributed by atoms with Crippen LogP contribution >= 0.6 is 0 Å². The number of rotatable bonds is 15. The molecule has 0 radical (unpaired) electrons. The fraction of sp³-hybridized carbons (Fsp3) is 0.542. The summed E-state index contributed by atoms with van der Waals surface area (Å²) in [6.45, 7) is 4.89. The number of nitrogens with two attached hydrogens (primary N) is 1. The van der Waals surface area contributed by atoms with Crippen molar-refractivity contribution in [3.63, 3.8) is 0 Å². The number of aliphatic hydroxyl groups excluding tert-OH is 1. The van der Waals surface area contributed by atoms with Gasteiger partial charge in [-0.25, -0.2) is 4.79 Å². The van der Waals surface area contributed by atoms with Gasteiger partial charge in [0.25, 0.3) is 0 Å². The molecule has 13 nitrogen and oxygen atoms in total. The zero-order valence-electron chi connectivity index (χ0n) is 21.0. The number of hydrogen-bond donors (Lipinski definition) is 8. The molecular formula is C24H36N4O9. The van der Waals surface area contributed by atoms with Crippen molar-refractivity contribution in [1.29, 1.82) is 0 Å². The van der Waals surface area contributed by atoms with E-state index in [-0.39, 0.29) is 30.9 Å². The number of phenolic OH excluding ortho intramolecular Hbond substituents is 1. The van der Waals surface area contributed by atoms with Crippen LogP contribution in [-0.2, 0) is 30.4 Å². The molecule has 0 aliphatic rings. The van der Waals surface area contributed by atoms with E-state index in [1.54, 1.807) is 13.8 Å². The molecule has 0 fully saturated rings. The van der Waals surface area contributed by atoms with Crippen LogP contribution in [0.4, 0.5) is 0 Å². The zero-order chi connectivity index (χ0) is 28.3. The summed E-state index contributed by atoms with van der Waals surface area (Å²) in [5.41, 5.74) is 6.14. The predicted octanol–water partition coefficient (Wildman–Crippen LogP) is -0.907. The van der Waals surface area contributed by atoms with Crippen LogP contribution in [0.3, 0.4) is 0 Å². The average molecular weight is 525 g/mol. The first kappa shape index (κ1) is 31.3. The highest BCUT2D eigenvalue weighted by Gasteiger charge is 2.31. The predicted molar refractivity (Wildman–Crippen MR) is 131 cm³/mol. The third kappa shape index (κ3) is 11.3. The molecule has 0 aliphatic heterocycles. The lowest BCUT2D eigenvalue weighted by atomic mass is 10.0. The van der Waals surface area contributed by atoms with Crippen LogP contribution in [0.1, 0.15) is 45.6 Å². The van der Waals surface area contributed by atoms with E-state index in [2.05, 4.69) is 16.0 Å². The van der Waals surface area contributed by atoms with Crippen molar-refractivity contribution in [2.75, 3.05) is 0 Å². The monoisotopic (exact) mass is 524 g/mol. The molecule has 0 saturated heterocycles. The van der Waals surface area contributed by atoms with Gasteiger partial charge in [0.2, 0.25) is 17.7 Å². The number of carboxylic acid groups (broad SMARTS) is 2. The topological polar surface area (TPSA) is 228 Å². The summed E-state index contributed by atoms with van der Waals surface area (Å²) in [4.78, 5) is 61.2. The Morgan fingerprint density at radius 1 is 0.838 bits per heavy atom. The zero-order valence-corrected chi connectivity index (χ0v) is 21.0. The van der Waals surface area contributed by atoms with Crippen molar-refractivity contribution in [3.05, 3.63) is 29.8 Å². The summed E-state index contributed by atoms with van der Waals surface area (Å²) in [6, 6.07) is 0.418. The molecule has 37 heavy (non-hydrogen) atoms. The summed E-state index contributed by atoms with van der Waals surface area (Å²) in [5.74, 6) is -5.20. The lowest BCUT2D eigenvalue weighted by Gasteiger charge is -2.26. The maximum Gasteiger partial charge on any atom is 0.326 e. The number of aromatic hydroxyl groups is 1. The third-order valence-electron chi connectivity index (χ3n) is 5.43. The lowest BCUT2D eigenvalue weighted by Crippen LogP contribution is -2.58. The Hall–Kier alpha value is -3.71. The summed E-state index contributed by atoms with van der Waals surface area (Å²) in [7, 11) is 0. The maximum absolute atomic E-state index is 13.0. The summed E-state index contributed by atoms with van der Waals surface area (Å²) >= 11 is 0. The SMILES string of the molecule is CC(C)CC(NC(=O)C(N)C(C)O)C(=O)NC(CCC(=O)O)C(=O)NC(Cc1ccc(O)cc1)C(=O)O. The van der Waals surface area contributed by atoms with Gasteiger partial charge in [-0.2, -0.15) is 0 Å². The number of hydrogen-bond acceptors (Lipinski definition) is 8. The van der Waals surface area contributed by atoms with Crippen LogP contribution in [0.25, 0.3) is 0 Å². The highest BCUT2D eigenvalue weighted by atomic mass is 16.4. The van der Waals surface area contributed by atoms with Crippen LogP contribution in [-0.4, -0.2) is 80.4 Å². The van der Waals surface area contributed by atoms with Crippen LogP contribution in [0.2, 0.25) is 0 Å². The van der Waals surface area contributed by atoms with E-state index in [4.69, 9.17) is 10.8 Å². The van der Waals surface area contributed by atoms with Crippen LogP contribution in [0.15, 0.2) is 24.3 Å². The first-order chi connectivity index (χ1) is 17.2. The van der Waals surface area contributed by atoms with Crippen molar-refractivity contribution in [1.82, 2.24) is 16.0 Å². The number of carbonyl (C=O) groups is 5. The smallest absolute Gasteiger partial charge is 0.326 e. The van der Waals surface area contributed by atoms with Crippen molar-refractivity contribution in [2.24, 2.45) is 11.7 Å². The van der Waals surface area contributed by atoms with Gasteiger partial charge >= 0.3 is 11.9 Å². The van der Waals surface area contributed by atoms with E-state index >= 15 is 0 Å². The first-order valence-electron chi connectivity index (χ1n) is 11.8. The molecule has 0 aromatic heterocycles. The second-order valence-corrected chi connectivity index (χ2v) is 9.22. The lowest BCUT2D eigenvalue weighted by molar-refractivity contribution is -0.143. The van der Waals surface area contributed by atoms with Gasteiger partial charge in [0.15, 0.2) is 0 Å². The highest BCUT2D eigenvalue weighted by Crippen LogP contribution is 2.12. The average Bonchev–Trinajstić information content (AvgIpc) is 2.80. The fourth-order valence-electron chi connectivity index (χ4n) is 3.34. The minimum Gasteiger partial charge on any atom is -0.508 e. The molecule has 9 N–H and O–H groups in total. The summed E-state index contributed by atoms with van der Waals surface area (Å²) < 4.78 is 0. The number of aliphatic carboxylic acids is 2. The van der Waals surface area contributed by atoms with E-state index in [1.165, 1.54) is 31.2 Å². The van der Waals surface area contributed by atoms with Crippen LogP contribution in [0.5, 0.6) is 5.75 Å². The molecule has 0 heterocycles. The van der Waals surface area contributed by atoms with Gasteiger partial charge in [0.05, 0.1) is 6.10 Å². The molecular weight excluding hydrogens is 488 g/mol. The Labute approximate surface area is 214 Å². The van der Waals surface area contributed by atoms with Gasteiger partial charge in [0.1, 0.15) is 29.9 Å². The van der Waals surface area contributed by atoms with Gasteiger partial charge in [-0.3, -0.25) is 19.2 Å². The van der Waals surface area contributed by atoms with Gasteiger partial charge in [-0.15, -0.1) is 0 Å².